The highest BCUT2D eigenvalue weighted by Crippen LogP contribution is 2.23. The Morgan fingerprint density at radius 3 is 2.89 bits per heavy atom. The van der Waals surface area contributed by atoms with Crippen molar-refractivity contribution in [3.63, 3.8) is 0 Å². The first-order valence-corrected chi connectivity index (χ1v) is 5.92. The topological polar surface area (TPSA) is 80.3 Å². The van der Waals surface area contributed by atoms with Gasteiger partial charge in [0.25, 0.3) is 0 Å². The lowest BCUT2D eigenvalue weighted by Crippen LogP contribution is -2.35. The molecule has 0 radical (unpaired) electrons. The number of carbonyl (C=O) groups excluding carboxylic acids is 1. The van der Waals surface area contributed by atoms with Crippen LogP contribution in [0.2, 0.25) is 0 Å². The predicted octanol–water partition coefficient (Wildman–Crippen LogP) is 1.75. The lowest BCUT2D eigenvalue weighted by molar-refractivity contribution is 0.249. The molecule has 5 nitrogen and oxygen atoms in total. The smallest absolute Gasteiger partial charge is 0.312 e. The molecule has 1 aromatic carbocycles. The van der Waals surface area contributed by atoms with E-state index in [1.165, 1.54) is 0 Å². The maximum absolute atomic E-state index is 10.5. The number of nitrogens with two attached hydrogens (primary N) is 1. The number of benzene rings is 1. The molecule has 1 aromatic heterocycles. The second kappa shape index (κ2) is 5.55. The molecule has 2 amide bonds. The van der Waals surface area contributed by atoms with E-state index in [0.29, 0.717) is 13.1 Å². The summed E-state index contributed by atoms with van der Waals surface area (Å²) < 4.78 is 5.73. The normalized spacial score (nSPS) is 12.5. The third-order valence-corrected chi connectivity index (χ3v) is 2.75. The Bertz CT molecular complexity index is 503. The van der Waals surface area contributed by atoms with E-state index in [0.717, 1.165) is 16.7 Å². The van der Waals surface area contributed by atoms with Gasteiger partial charge in [0, 0.05) is 18.5 Å². The zero-order chi connectivity index (χ0) is 13.0. The summed E-state index contributed by atoms with van der Waals surface area (Å²) >= 11 is 0. The van der Waals surface area contributed by atoms with Crippen LogP contribution in [0.25, 0.3) is 11.0 Å². The van der Waals surface area contributed by atoms with E-state index in [1.54, 1.807) is 0 Å². The maximum atomic E-state index is 10.5. The van der Waals surface area contributed by atoms with Gasteiger partial charge in [-0.3, -0.25) is 0 Å². The van der Waals surface area contributed by atoms with Crippen LogP contribution in [-0.2, 0) is 0 Å². The summed E-state index contributed by atoms with van der Waals surface area (Å²) in [5.41, 5.74) is 5.86. The van der Waals surface area contributed by atoms with Gasteiger partial charge in [0.05, 0.1) is 6.04 Å². The van der Waals surface area contributed by atoms with Gasteiger partial charge < -0.3 is 20.8 Å². The Hall–Kier alpha value is -2.01. The first kappa shape index (κ1) is 12.4. The van der Waals surface area contributed by atoms with Crippen LogP contribution in [0.4, 0.5) is 4.79 Å². The third kappa shape index (κ3) is 3.01. The minimum atomic E-state index is -0.506. The number of urea groups is 1. The van der Waals surface area contributed by atoms with Crippen LogP contribution in [0.5, 0.6) is 0 Å². The van der Waals surface area contributed by atoms with Crippen LogP contribution >= 0.6 is 0 Å². The standard InChI is InChI=1S/C13H17N3O2/c1-9(15-6-7-16-13(14)17)12-8-10-4-2-3-5-11(10)18-12/h2-5,8-9,15H,6-7H2,1H3,(H3,14,16,17). The molecule has 0 bridgehead atoms. The largest absolute Gasteiger partial charge is 0.459 e. The van der Waals surface area contributed by atoms with E-state index in [4.69, 9.17) is 10.2 Å². The van der Waals surface area contributed by atoms with E-state index in [9.17, 15) is 4.79 Å². The van der Waals surface area contributed by atoms with Crippen molar-refractivity contribution in [1.82, 2.24) is 10.6 Å². The van der Waals surface area contributed by atoms with Gasteiger partial charge in [-0.1, -0.05) is 18.2 Å². The molecule has 0 spiro atoms. The minimum Gasteiger partial charge on any atom is -0.459 e. The number of rotatable bonds is 5. The predicted molar refractivity (Wildman–Crippen MR) is 70.2 cm³/mol. The number of para-hydroxylation sites is 1. The fourth-order valence-corrected chi connectivity index (χ4v) is 1.79. The molecule has 0 aliphatic rings. The summed E-state index contributed by atoms with van der Waals surface area (Å²) in [6, 6.07) is 9.50. The lowest BCUT2D eigenvalue weighted by atomic mass is 10.2. The van der Waals surface area contributed by atoms with Crippen molar-refractivity contribution in [3.05, 3.63) is 36.1 Å². The van der Waals surface area contributed by atoms with E-state index in [2.05, 4.69) is 10.6 Å². The van der Waals surface area contributed by atoms with Crippen molar-refractivity contribution in [3.8, 4) is 0 Å². The second-order valence-corrected chi connectivity index (χ2v) is 4.15. The summed E-state index contributed by atoms with van der Waals surface area (Å²) in [5.74, 6) is 0.885. The first-order chi connectivity index (χ1) is 8.66. The summed E-state index contributed by atoms with van der Waals surface area (Å²) in [7, 11) is 0. The Balaban J connectivity index is 1.92. The molecule has 2 aromatic rings. The van der Waals surface area contributed by atoms with E-state index < -0.39 is 6.03 Å². The SMILES string of the molecule is CC(NCCNC(N)=O)c1cc2ccccc2o1. The van der Waals surface area contributed by atoms with Crippen LogP contribution in [-0.4, -0.2) is 19.1 Å². The van der Waals surface area contributed by atoms with Crippen molar-refractivity contribution in [2.24, 2.45) is 5.73 Å². The number of primary amides is 1. The van der Waals surface area contributed by atoms with Crippen molar-refractivity contribution >= 4 is 17.0 Å². The Morgan fingerprint density at radius 2 is 2.17 bits per heavy atom. The van der Waals surface area contributed by atoms with Crippen LogP contribution in [0.3, 0.4) is 0 Å². The fourth-order valence-electron chi connectivity index (χ4n) is 1.79. The summed E-state index contributed by atoms with van der Waals surface area (Å²) in [4.78, 5) is 10.5. The molecule has 0 aliphatic heterocycles. The molecule has 0 saturated carbocycles. The van der Waals surface area contributed by atoms with Gasteiger partial charge in [-0.25, -0.2) is 4.79 Å². The molecular weight excluding hydrogens is 230 g/mol. The summed E-state index contributed by atoms with van der Waals surface area (Å²) in [5, 5.41) is 6.87. The van der Waals surface area contributed by atoms with E-state index in [1.807, 2.05) is 37.3 Å². The average Bonchev–Trinajstić information content (AvgIpc) is 2.78. The summed E-state index contributed by atoms with van der Waals surface area (Å²) in [6.07, 6.45) is 0. The van der Waals surface area contributed by atoms with E-state index >= 15 is 0 Å². The quantitative estimate of drug-likeness (QED) is 0.704. The van der Waals surface area contributed by atoms with Crippen molar-refractivity contribution < 1.29 is 9.21 Å². The molecule has 0 aliphatic carbocycles. The molecule has 0 saturated heterocycles. The molecule has 18 heavy (non-hydrogen) atoms. The number of amides is 2. The Morgan fingerprint density at radius 1 is 1.39 bits per heavy atom. The lowest BCUT2D eigenvalue weighted by Gasteiger charge is -2.10. The van der Waals surface area contributed by atoms with Gasteiger partial charge in [0.2, 0.25) is 0 Å². The molecule has 1 heterocycles. The van der Waals surface area contributed by atoms with Gasteiger partial charge in [-0.15, -0.1) is 0 Å². The number of carbonyl (C=O) groups is 1. The second-order valence-electron chi connectivity index (χ2n) is 4.15. The number of fused-ring (bicyclic) bond motifs is 1. The molecule has 0 fully saturated rings. The van der Waals surface area contributed by atoms with Gasteiger partial charge in [0.15, 0.2) is 0 Å². The van der Waals surface area contributed by atoms with Gasteiger partial charge in [-0.05, 0) is 19.1 Å². The number of hydrogen-bond acceptors (Lipinski definition) is 3. The number of nitrogens with one attached hydrogen (secondary N) is 2. The maximum Gasteiger partial charge on any atom is 0.312 e. The minimum absolute atomic E-state index is 0.0899. The highest BCUT2D eigenvalue weighted by molar-refractivity contribution is 5.77. The molecule has 1 unspecified atom stereocenters. The Labute approximate surface area is 105 Å². The van der Waals surface area contributed by atoms with Crippen molar-refractivity contribution in [1.29, 1.82) is 0 Å². The molecule has 4 N–H and O–H groups in total. The zero-order valence-electron chi connectivity index (χ0n) is 10.3. The summed E-state index contributed by atoms with van der Waals surface area (Å²) in [6.45, 7) is 3.16. The van der Waals surface area contributed by atoms with E-state index in [-0.39, 0.29) is 6.04 Å². The Kier molecular flexibility index (Phi) is 3.84. The first-order valence-electron chi connectivity index (χ1n) is 5.92. The number of hydrogen-bond donors (Lipinski definition) is 3. The zero-order valence-corrected chi connectivity index (χ0v) is 10.3. The van der Waals surface area contributed by atoms with Crippen LogP contribution < -0.4 is 16.4 Å². The van der Waals surface area contributed by atoms with Crippen LogP contribution in [0.1, 0.15) is 18.7 Å². The molecule has 5 heteroatoms. The van der Waals surface area contributed by atoms with Gasteiger partial charge in [-0.2, -0.15) is 0 Å². The highest BCUT2D eigenvalue weighted by Gasteiger charge is 2.10. The van der Waals surface area contributed by atoms with Gasteiger partial charge in [0.1, 0.15) is 11.3 Å². The van der Waals surface area contributed by atoms with Gasteiger partial charge >= 0.3 is 6.03 Å². The average molecular weight is 247 g/mol. The van der Waals surface area contributed by atoms with Crippen LogP contribution in [0, 0.1) is 0 Å². The molecule has 96 valence electrons. The monoisotopic (exact) mass is 247 g/mol. The third-order valence-electron chi connectivity index (χ3n) is 2.75. The number of furan rings is 1. The molecular formula is C13H17N3O2. The fraction of sp³-hybridized carbons (Fsp3) is 0.308. The molecule has 2 rings (SSSR count). The molecule has 1 atom stereocenters. The van der Waals surface area contributed by atoms with Crippen molar-refractivity contribution in [2.45, 2.75) is 13.0 Å². The van der Waals surface area contributed by atoms with Crippen LogP contribution in [0.15, 0.2) is 34.7 Å². The van der Waals surface area contributed by atoms with Crippen molar-refractivity contribution in [2.75, 3.05) is 13.1 Å². The highest BCUT2D eigenvalue weighted by atomic mass is 16.3.